The van der Waals surface area contributed by atoms with Crippen LogP contribution in [0.5, 0.6) is 0 Å². The van der Waals surface area contributed by atoms with Gasteiger partial charge in [-0.1, -0.05) is 54.1 Å². The van der Waals surface area contributed by atoms with Crippen LogP contribution in [-0.2, 0) is 16.3 Å². The Hall–Kier alpha value is -2.77. The van der Waals surface area contributed by atoms with Crippen molar-refractivity contribution >= 4 is 27.3 Å². The van der Waals surface area contributed by atoms with Crippen molar-refractivity contribution in [2.45, 2.75) is 24.9 Å². The molecule has 0 bridgehead atoms. The second-order valence-electron chi connectivity index (χ2n) is 6.94. The number of benzene rings is 2. The Morgan fingerprint density at radius 2 is 1.80 bits per heavy atom. The number of aromatic nitrogens is 2. The van der Waals surface area contributed by atoms with E-state index in [1.807, 2.05) is 30.3 Å². The summed E-state index contributed by atoms with van der Waals surface area (Å²) in [7, 11) is -3.65. The van der Waals surface area contributed by atoms with E-state index in [4.69, 9.17) is 11.6 Å². The lowest BCUT2D eigenvalue weighted by molar-refractivity contribution is 0.0952. The molecule has 156 valence electrons. The van der Waals surface area contributed by atoms with Gasteiger partial charge in [-0.3, -0.25) is 4.79 Å². The SMILES string of the molecule is Cc1nc(S(C)(=O)=O)nc(-c2cccc(Cl)c2)c1C(=O)NCCCc1ccccc1. The van der Waals surface area contributed by atoms with Crippen molar-refractivity contribution < 1.29 is 13.2 Å². The summed E-state index contributed by atoms with van der Waals surface area (Å²) >= 11 is 6.09. The first-order chi connectivity index (χ1) is 14.3. The fourth-order valence-corrected chi connectivity index (χ4v) is 3.81. The van der Waals surface area contributed by atoms with E-state index < -0.39 is 9.84 Å². The van der Waals surface area contributed by atoms with E-state index in [-0.39, 0.29) is 22.3 Å². The van der Waals surface area contributed by atoms with Gasteiger partial charge in [-0.05, 0) is 37.5 Å². The molecule has 0 spiro atoms. The van der Waals surface area contributed by atoms with Gasteiger partial charge in [0.25, 0.3) is 5.91 Å². The van der Waals surface area contributed by atoms with Crippen molar-refractivity contribution in [3.8, 4) is 11.3 Å². The number of nitrogens with one attached hydrogen (secondary N) is 1. The van der Waals surface area contributed by atoms with Gasteiger partial charge in [0.1, 0.15) is 0 Å². The molecule has 0 aliphatic heterocycles. The van der Waals surface area contributed by atoms with Gasteiger partial charge in [-0.15, -0.1) is 0 Å². The molecule has 0 saturated heterocycles. The van der Waals surface area contributed by atoms with Gasteiger partial charge in [0.2, 0.25) is 15.0 Å². The molecule has 1 N–H and O–H groups in total. The average molecular weight is 444 g/mol. The molecule has 1 amide bonds. The fraction of sp³-hybridized carbons (Fsp3) is 0.227. The van der Waals surface area contributed by atoms with E-state index >= 15 is 0 Å². The number of amides is 1. The number of hydrogen-bond donors (Lipinski definition) is 1. The van der Waals surface area contributed by atoms with Gasteiger partial charge in [-0.25, -0.2) is 18.4 Å². The van der Waals surface area contributed by atoms with E-state index in [0.717, 1.165) is 19.1 Å². The third-order valence-electron chi connectivity index (χ3n) is 4.50. The summed E-state index contributed by atoms with van der Waals surface area (Å²) < 4.78 is 24.0. The molecule has 6 nitrogen and oxygen atoms in total. The van der Waals surface area contributed by atoms with Crippen molar-refractivity contribution in [1.29, 1.82) is 0 Å². The Morgan fingerprint density at radius 1 is 1.07 bits per heavy atom. The monoisotopic (exact) mass is 443 g/mol. The predicted molar refractivity (Wildman–Crippen MR) is 117 cm³/mol. The normalized spacial score (nSPS) is 11.3. The lowest BCUT2D eigenvalue weighted by Crippen LogP contribution is -2.27. The maximum absolute atomic E-state index is 12.9. The van der Waals surface area contributed by atoms with E-state index in [2.05, 4.69) is 15.3 Å². The minimum absolute atomic E-state index is 0.240. The molecule has 1 heterocycles. The van der Waals surface area contributed by atoms with E-state index in [0.29, 0.717) is 22.8 Å². The maximum atomic E-state index is 12.9. The number of hydrogen-bond acceptors (Lipinski definition) is 5. The molecule has 2 aromatic carbocycles. The first kappa shape index (κ1) is 21.9. The topological polar surface area (TPSA) is 89.0 Å². The Balaban J connectivity index is 1.87. The van der Waals surface area contributed by atoms with Gasteiger partial charge in [-0.2, -0.15) is 0 Å². The minimum atomic E-state index is -3.65. The fourth-order valence-electron chi connectivity index (χ4n) is 3.06. The van der Waals surface area contributed by atoms with Crippen LogP contribution in [0.1, 0.15) is 28.0 Å². The molecule has 0 fully saturated rings. The molecule has 0 aliphatic rings. The van der Waals surface area contributed by atoms with Crippen LogP contribution in [0.2, 0.25) is 5.02 Å². The average Bonchev–Trinajstić information content (AvgIpc) is 2.70. The lowest BCUT2D eigenvalue weighted by atomic mass is 10.0. The van der Waals surface area contributed by atoms with Crippen LogP contribution in [0.15, 0.2) is 59.8 Å². The Morgan fingerprint density at radius 3 is 2.47 bits per heavy atom. The first-order valence-corrected chi connectivity index (χ1v) is 11.7. The van der Waals surface area contributed by atoms with Crippen LogP contribution in [-0.4, -0.2) is 37.1 Å². The Kier molecular flexibility index (Phi) is 6.84. The summed E-state index contributed by atoms with van der Waals surface area (Å²) in [6, 6.07) is 16.8. The van der Waals surface area contributed by atoms with E-state index in [9.17, 15) is 13.2 Å². The number of carbonyl (C=O) groups is 1. The highest BCUT2D eigenvalue weighted by Crippen LogP contribution is 2.27. The predicted octanol–water partition coefficient (Wildman–Crippen LogP) is 3.87. The van der Waals surface area contributed by atoms with Gasteiger partial charge >= 0.3 is 0 Å². The Bertz CT molecular complexity index is 1170. The zero-order valence-electron chi connectivity index (χ0n) is 16.7. The number of aryl methyl sites for hydroxylation is 2. The van der Waals surface area contributed by atoms with Gasteiger partial charge in [0.05, 0.1) is 17.0 Å². The van der Waals surface area contributed by atoms with Crippen LogP contribution >= 0.6 is 11.6 Å². The molecule has 30 heavy (non-hydrogen) atoms. The number of halogens is 1. The summed E-state index contributed by atoms with van der Waals surface area (Å²) in [5.74, 6) is -0.351. The molecule has 1 aromatic heterocycles. The number of nitrogens with zero attached hydrogens (tertiary/aromatic N) is 2. The highest BCUT2D eigenvalue weighted by atomic mass is 35.5. The summed E-state index contributed by atoms with van der Waals surface area (Å²) in [5.41, 5.74) is 2.52. The number of carbonyl (C=O) groups excluding carboxylic acids is 1. The second-order valence-corrected chi connectivity index (χ2v) is 9.29. The van der Waals surface area contributed by atoms with Crippen LogP contribution in [0.25, 0.3) is 11.3 Å². The molecular formula is C22H22ClN3O3S. The van der Waals surface area contributed by atoms with Gasteiger partial charge in [0.15, 0.2) is 0 Å². The highest BCUT2D eigenvalue weighted by Gasteiger charge is 2.23. The van der Waals surface area contributed by atoms with Gasteiger partial charge < -0.3 is 5.32 Å². The van der Waals surface area contributed by atoms with Gasteiger partial charge in [0, 0.05) is 23.4 Å². The summed E-state index contributed by atoms with van der Waals surface area (Å²) in [5, 5.41) is 3.03. The molecule has 0 aliphatic carbocycles. The van der Waals surface area contributed by atoms with E-state index in [1.165, 1.54) is 5.56 Å². The van der Waals surface area contributed by atoms with Crippen LogP contribution in [0, 0.1) is 6.92 Å². The Labute approximate surface area is 181 Å². The quantitative estimate of drug-likeness (QED) is 0.442. The molecule has 8 heteroatoms. The van der Waals surface area contributed by atoms with E-state index in [1.54, 1.807) is 31.2 Å². The summed E-state index contributed by atoms with van der Waals surface area (Å²) in [4.78, 5) is 21.2. The zero-order chi connectivity index (χ0) is 21.7. The maximum Gasteiger partial charge on any atom is 0.255 e. The van der Waals surface area contributed by atoms with Crippen molar-refractivity contribution in [1.82, 2.24) is 15.3 Å². The van der Waals surface area contributed by atoms with Crippen molar-refractivity contribution in [2.24, 2.45) is 0 Å². The molecule has 0 radical (unpaired) electrons. The molecular weight excluding hydrogens is 422 g/mol. The first-order valence-electron chi connectivity index (χ1n) is 9.42. The molecule has 0 unspecified atom stereocenters. The van der Waals surface area contributed by atoms with Crippen molar-refractivity contribution in [3.05, 3.63) is 76.4 Å². The third-order valence-corrected chi connectivity index (χ3v) is 5.58. The van der Waals surface area contributed by atoms with Crippen molar-refractivity contribution in [3.63, 3.8) is 0 Å². The lowest BCUT2D eigenvalue weighted by Gasteiger charge is -2.13. The van der Waals surface area contributed by atoms with Crippen LogP contribution < -0.4 is 5.32 Å². The smallest absolute Gasteiger partial charge is 0.255 e. The summed E-state index contributed by atoms with van der Waals surface area (Å²) in [6.45, 7) is 2.07. The summed E-state index contributed by atoms with van der Waals surface area (Å²) in [6.07, 6.45) is 2.64. The largest absolute Gasteiger partial charge is 0.352 e. The molecule has 3 aromatic rings. The van der Waals surface area contributed by atoms with Crippen molar-refractivity contribution in [2.75, 3.05) is 12.8 Å². The second kappa shape index (κ2) is 9.36. The highest BCUT2D eigenvalue weighted by molar-refractivity contribution is 7.90. The molecule has 3 rings (SSSR count). The van der Waals surface area contributed by atoms with Crippen LogP contribution in [0.4, 0.5) is 0 Å². The molecule has 0 saturated carbocycles. The van der Waals surface area contributed by atoms with Crippen LogP contribution in [0.3, 0.4) is 0 Å². The zero-order valence-corrected chi connectivity index (χ0v) is 18.3. The number of rotatable bonds is 7. The third kappa shape index (κ3) is 5.43. The standard InChI is InChI=1S/C22H22ClN3O3S/c1-15-19(21(27)24-13-7-10-16-8-4-3-5-9-16)20(17-11-6-12-18(23)14-17)26-22(25-15)30(2,28)29/h3-6,8-9,11-12,14H,7,10,13H2,1-2H3,(H,24,27). The minimum Gasteiger partial charge on any atom is -0.352 e. The number of sulfone groups is 1. The molecule has 0 atom stereocenters.